The summed E-state index contributed by atoms with van der Waals surface area (Å²) in [5.41, 5.74) is 2.55. The second-order valence-corrected chi connectivity index (χ2v) is 10.6. The van der Waals surface area contributed by atoms with E-state index in [4.69, 9.17) is 0 Å². The normalized spacial score (nSPS) is 13.1. The lowest BCUT2D eigenvalue weighted by atomic mass is 10.6. The Morgan fingerprint density at radius 2 is 1.54 bits per heavy atom. The zero-order valence-corrected chi connectivity index (χ0v) is 11.6. The van der Waals surface area contributed by atoms with Crippen LogP contribution in [0, 0.1) is 0 Å². The molecule has 0 fully saturated rings. The summed E-state index contributed by atoms with van der Waals surface area (Å²) in [5, 5.41) is 3.08. The Labute approximate surface area is 89.2 Å². The summed E-state index contributed by atoms with van der Waals surface area (Å²) in [6.45, 7) is 11.6. The van der Waals surface area contributed by atoms with E-state index < -0.39 is 8.07 Å². The highest BCUT2D eigenvalue weighted by Crippen LogP contribution is 2.23. The number of rotatable bonds is 6. The first kappa shape index (κ1) is 13.3. The average Bonchev–Trinajstić information content (AvgIpc) is 2.13. The van der Waals surface area contributed by atoms with Crippen molar-refractivity contribution >= 4 is 19.8 Å². The first-order valence-corrected chi connectivity index (χ1v) is 9.07. The van der Waals surface area contributed by atoms with Gasteiger partial charge in [0.15, 0.2) is 0 Å². The molecular weight excluding hydrogens is 192 g/mol. The van der Waals surface area contributed by atoms with Gasteiger partial charge in [-0.15, -0.1) is 11.8 Å². The SMILES string of the molecule is CC[Si](/C=C/SC(C)C)(CC)CC. The van der Waals surface area contributed by atoms with Crippen LogP contribution in [0.1, 0.15) is 34.6 Å². The Hall–Kier alpha value is 0.307. The molecule has 0 spiro atoms. The molecule has 0 nitrogen and oxygen atoms in total. The molecule has 0 saturated heterocycles. The van der Waals surface area contributed by atoms with Crippen molar-refractivity contribution in [2.75, 3.05) is 0 Å². The van der Waals surface area contributed by atoms with Gasteiger partial charge in [0.1, 0.15) is 0 Å². The summed E-state index contributed by atoms with van der Waals surface area (Å²) < 4.78 is 0. The maximum Gasteiger partial charge on any atom is 0.0776 e. The third-order valence-corrected chi connectivity index (χ3v) is 9.06. The van der Waals surface area contributed by atoms with E-state index in [0.29, 0.717) is 0 Å². The summed E-state index contributed by atoms with van der Waals surface area (Å²) in [6.07, 6.45) is 0. The van der Waals surface area contributed by atoms with Crippen LogP contribution >= 0.6 is 11.8 Å². The van der Waals surface area contributed by atoms with Crippen LogP contribution in [0.4, 0.5) is 0 Å². The first-order valence-electron chi connectivity index (χ1n) is 5.43. The third-order valence-electron chi connectivity index (χ3n) is 2.88. The van der Waals surface area contributed by atoms with Gasteiger partial charge < -0.3 is 0 Å². The van der Waals surface area contributed by atoms with Gasteiger partial charge in [-0.05, 0) is 5.41 Å². The molecule has 0 aliphatic carbocycles. The summed E-state index contributed by atoms with van der Waals surface area (Å²) in [5.74, 6) is 0. The molecule has 0 bridgehead atoms. The van der Waals surface area contributed by atoms with Crippen LogP contribution in [-0.2, 0) is 0 Å². The minimum atomic E-state index is -0.986. The highest BCUT2D eigenvalue weighted by molar-refractivity contribution is 8.02. The van der Waals surface area contributed by atoms with Crippen LogP contribution in [0.2, 0.25) is 18.1 Å². The van der Waals surface area contributed by atoms with Gasteiger partial charge in [-0.3, -0.25) is 0 Å². The van der Waals surface area contributed by atoms with E-state index in [1.54, 1.807) is 0 Å². The van der Waals surface area contributed by atoms with Crippen LogP contribution in [0.15, 0.2) is 11.1 Å². The lowest BCUT2D eigenvalue weighted by Crippen LogP contribution is -2.28. The average molecular weight is 216 g/mol. The molecule has 0 aromatic carbocycles. The van der Waals surface area contributed by atoms with E-state index in [1.807, 2.05) is 11.8 Å². The fraction of sp³-hybridized carbons (Fsp3) is 0.818. The molecule has 0 rings (SSSR count). The largest absolute Gasteiger partial charge is 0.132 e. The van der Waals surface area contributed by atoms with E-state index in [2.05, 4.69) is 45.7 Å². The van der Waals surface area contributed by atoms with E-state index in [0.717, 1.165) is 5.25 Å². The Morgan fingerprint density at radius 3 is 1.85 bits per heavy atom. The Bertz CT molecular complexity index is 140. The van der Waals surface area contributed by atoms with Gasteiger partial charge in [0.2, 0.25) is 0 Å². The van der Waals surface area contributed by atoms with Crippen LogP contribution in [0.5, 0.6) is 0 Å². The Morgan fingerprint density at radius 1 is 1.08 bits per heavy atom. The summed E-state index contributed by atoms with van der Waals surface area (Å²) >= 11 is 1.96. The highest BCUT2D eigenvalue weighted by atomic mass is 32.2. The van der Waals surface area contributed by atoms with Gasteiger partial charge >= 0.3 is 0 Å². The van der Waals surface area contributed by atoms with E-state index in [1.165, 1.54) is 18.1 Å². The first-order chi connectivity index (χ1) is 6.10. The summed E-state index contributed by atoms with van der Waals surface area (Å²) in [7, 11) is -0.986. The molecule has 0 unspecified atom stereocenters. The van der Waals surface area contributed by atoms with Crippen LogP contribution < -0.4 is 0 Å². The van der Waals surface area contributed by atoms with E-state index in [-0.39, 0.29) is 0 Å². The Balaban J connectivity index is 4.15. The van der Waals surface area contributed by atoms with Gasteiger partial charge in [0.25, 0.3) is 0 Å². The zero-order valence-electron chi connectivity index (χ0n) is 9.76. The van der Waals surface area contributed by atoms with Gasteiger partial charge in [0.05, 0.1) is 8.07 Å². The van der Waals surface area contributed by atoms with Crippen molar-refractivity contribution in [3.63, 3.8) is 0 Å². The molecule has 0 radical (unpaired) electrons. The fourth-order valence-corrected chi connectivity index (χ4v) is 5.43. The minimum absolute atomic E-state index is 0.730. The van der Waals surface area contributed by atoms with Gasteiger partial charge in [0, 0.05) is 5.25 Å². The van der Waals surface area contributed by atoms with E-state index >= 15 is 0 Å². The van der Waals surface area contributed by atoms with Crippen molar-refractivity contribution in [2.24, 2.45) is 0 Å². The van der Waals surface area contributed by atoms with Crippen molar-refractivity contribution in [3.8, 4) is 0 Å². The topological polar surface area (TPSA) is 0 Å². The lowest BCUT2D eigenvalue weighted by Gasteiger charge is -2.23. The molecule has 0 saturated carbocycles. The summed E-state index contributed by atoms with van der Waals surface area (Å²) in [6, 6.07) is 4.19. The summed E-state index contributed by atoms with van der Waals surface area (Å²) in [4.78, 5) is 0. The third kappa shape index (κ3) is 4.92. The van der Waals surface area contributed by atoms with Crippen molar-refractivity contribution < 1.29 is 0 Å². The Kier molecular flexibility index (Phi) is 6.87. The minimum Gasteiger partial charge on any atom is -0.132 e. The fourth-order valence-electron chi connectivity index (χ4n) is 1.44. The maximum atomic E-state index is 2.55. The molecule has 0 aromatic heterocycles. The molecule has 0 amide bonds. The van der Waals surface area contributed by atoms with Crippen molar-refractivity contribution in [2.45, 2.75) is 58.0 Å². The quantitative estimate of drug-likeness (QED) is 0.581. The number of hydrogen-bond acceptors (Lipinski definition) is 1. The zero-order chi connectivity index (χ0) is 10.3. The molecule has 78 valence electrons. The maximum absolute atomic E-state index is 2.55. The molecular formula is C11H24SSi. The molecule has 0 aromatic rings. The van der Waals surface area contributed by atoms with Crippen LogP contribution in [0.25, 0.3) is 0 Å². The second-order valence-electron chi connectivity index (χ2n) is 3.91. The number of hydrogen-bond donors (Lipinski definition) is 0. The van der Waals surface area contributed by atoms with Crippen LogP contribution in [0.3, 0.4) is 0 Å². The standard InChI is InChI=1S/C11H24SSi/c1-6-13(7-2,8-3)10-9-12-11(4)5/h9-11H,6-8H2,1-5H3/b10-9+. The lowest BCUT2D eigenvalue weighted by molar-refractivity contribution is 1.12. The van der Waals surface area contributed by atoms with Gasteiger partial charge in [-0.1, -0.05) is 58.5 Å². The second kappa shape index (κ2) is 6.72. The molecule has 2 heteroatoms. The van der Waals surface area contributed by atoms with Crippen molar-refractivity contribution in [1.82, 2.24) is 0 Å². The van der Waals surface area contributed by atoms with Gasteiger partial charge in [-0.25, -0.2) is 0 Å². The predicted molar refractivity (Wildman–Crippen MR) is 69.1 cm³/mol. The van der Waals surface area contributed by atoms with Gasteiger partial charge in [-0.2, -0.15) is 0 Å². The van der Waals surface area contributed by atoms with Crippen molar-refractivity contribution in [3.05, 3.63) is 11.1 Å². The molecule has 0 atom stereocenters. The molecule has 0 heterocycles. The van der Waals surface area contributed by atoms with Crippen molar-refractivity contribution in [1.29, 1.82) is 0 Å². The number of thioether (sulfide) groups is 1. The predicted octanol–water partition coefficient (Wildman–Crippen LogP) is 4.69. The van der Waals surface area contributed by atoms with Crippen LogP contribution in [-0.4, -0.2) is 13.3 Å². The molecule has 13 heavy (non-hydrogen) atoms. The van der Waals surface area contributed by atoms with E-state index in [9.17, 15) is 0 Å². The molecule has 0 aliphatic heterocycles. The highest BCUT2D eigenvalue weighted by Gasteiger charge is 2.22. The molecule has 0 aliphatic rings. The monoisotopic (exact) mass is 216 g/mol. The smallest absolute Gasteiger partial charge is 0.0776 e. The molecule has 0 N–H and O–H groups in total.